The Kier molecular flexibility index (Phi) is 3.48. The summed E-state index contributed by atoms with van der Waals surface area (Å²) in [4.78, 5) is 25.0. The first kappa shape index (κ1) is 16.5. The molecule has 0 aliphatic heterocycles. The van der Waals surface area contributed by atoms with Crippen molar-refractivity contribution in [1.29, 1.82) is 0 Å². The summed E-state index contributed by atoms with van der Waals surface area (Å²) in [6.07, 6.45) is 12.3. The van der Waals surface area contributed by atoms with Gasteiger partial charge in [0.1, 0.15) is 24.2 Å². The summed E-state index contributed by atoms with van der Waals surface area (Å²) >= 11 is 0. The molecule has 0 spiro atoms. The Morgan fingerprint density at radius 1 is 0.933 bits per heavy atom. The summed E-state index contributed by atoms with van der Waals surface area (Å²) in [5.41, 5.74) is 6.12. The zero-order chi connectivity index (χ0) is 20.1. The highest BCUT2D eigenvalue weighted by atomic mass is 15.1. The van der Waals surface area contributed by atoms with Crippen molar-refractivity contribution in [3.8, 4) is 28.5 Å². The van der Waals surface area contributed by atoms with Crippen LogP contribution in [0.1, 0.15) is 5.69 Å². The molecule has 6 rings (SSSR count). The average Bonchev–Trinajstić information content (AvgIpc) is 3.51. The molecule has 6 heterocycles. The van der Waals surface area contributed by atoms with Gasteiger partial charge in [0.25, 0.3) is 0 Å². The van der Waals surface area contributed by atoms with Crippen LogP contribution in [0.15, 0.2) is 61.8 Å². The quantitative estimate of drug-likeness (QED) is 0.476. The van der Waals surface area contributed by atoms with Crippen molar-refractivity contribution in [3.63, 3.8) is 0 Å². The van der Waals surface area contributed by atoms with E-state index in [1.807, 2.05) is 29.8 Å². The van der Waals surface area contributed by atoms with Crippen LogP contribution in [-0.2, 0) is 0 Å². The molecule has 30 heavy (non-hydrogen) atoms. The topological polar surface area (TPSA) is 114 Å². The standard InChI is InChI=1S/C21H15N9/c1-12-9-30(11-26-12)21-15-5-18(27-16(15)2-3-24-21)20-14-4-17(13-6-22-10-23-7-13)25-8-19(14)28-29-20/h2-11,27H,1H3,(H,28,29). The fraction of sp³-hybridized carbons (Fsp3) is 0.0476. The number of nitrogens with zero attached hydrogens (tertiary/aromatic N) is 7. The molecule has 0 saturated carbocycles. The van der Waals surface area contributed by atoms with E-state index in [-0.39, 0.29) is 0 Å². The van der Waals surface area contributed by atoms with Crippen LogP contribution in [0.25, 0.3) is 50.3 Å². The monoisotopic (exact) mass is 393 g/mol. The highest BCUT2D eigenvalue weighted by Crippen LogP contribution is 2.31. The highest BCUT2D eigenvalue weighted by Gasteiger charge is 2.15. The summed E-state index contributed by atoms with van der Waals surface area (Å²) in [5.74, 6) is 0.819. The second-order valence-corrected chi connectivity index (χ2v) is 7.02. The molecule has 0 unspecified atom stereocenters. The third-order valence-corrected chi connectivity index (χ3v) is 5.04. The number of pyridine rings is 2. The highest BCUT2D eigenvalue weighted by molar-refractivity contribution is 5.98. The zero-order valence-electron chi connectivity index (χ0n) is 15.9. The van der Waals surface area contributed by atoms with Gasteiger partial charge in [0.15, 0.2) is 0 Å². The van der Waals surface area contributed by atoms with Gasteiger partial charge in [-0.15, -0.1) is 0 Å². The molecule has 2 N–H and O–H groups in total. The number of H-pyrrole nitrogens is 2. The maximum atomic E-state index is 4.55. The fourth-order valence-electron chi connectivity index (χ4n) is 3.62. The number of hydrogen-bond acceptors (Lipinski definition) is 6. The fourth-order valence-corrected chi connectivity index (χ4v) is 3.62. The van der Waals surface area contributed by atoms with E-state index in [1.165, 1.54) is 6.33 Å². The summed E-state index contributed by atoms with van der Waals surface area (Å²) in [6.45, 7) is 1.96. The van der Waals surface area contributed by atoms with E-state index < -0.39 is 0 Å². The summed E-state index contributed by atoms with van der Waals surface area (Å²) in [5, 5.41) is 9.55. The SMILES string of the molecule is Cc1cn(-c2nccc3[nH]c(-c4n[nH]c5cnc(-c6cncnc6)cc45)cc23)cn1. The van der Waals surface area contributed by atoms with Crippen LogP contribution in [0.4, 0.5) is 0 Å². The first-order valence-corrected chi connectivity index (χ1v) is 9.35. The van der Waals surface area contributed by atoms with Crippen molar-refractivity contribution in [2.45, 2.75) is 6.92 Å². The Hall–Kier alpha value is -4.40. The molecule has 0 radical (unpaired) electrons. The molecule has 144 valence electrons. The van der Waals surface area contributed by atoms with Crippen LogP contribution in [0.2, 0.25) is 0 Å². The van der Waals surface area contributed by atoms with Crippen LogP contribution in [-0.4, -0.2) is 44.7 Å². The van der Waals surface area contributed by atoms with Gasteiger partial charge in [-0.3, -0.25) is 14.6 Å². The van der Waals surface area contributed by atoms with Crippen molar-refractivity contribution in [2.75, 3.05) is 0 Å². The number of aromatic nitrogens is 9. The predicted octanol–water partition coefficient (Wildman–Crippen LogP) is 3.45. The van der Waals surface area contributed by atoms with E-state index in [2.05, 4.69) is 46.2 Å². The van der Waals surface area contributed by atoms with Gasteiger partial charge in [-0.2, -0.15) is 5.10 Å². The zero-order valence-corrected chi connectivity index (χ0v) is 15.9. The van der Waals surface area contributed by atoms with Crippen molar-refractivity contribution in [3.05, 3.63) is 67.5 Å². The van der Waals surface area contributed by atoms with Gasteiger partial charge in [-0.05, 0) is 25.1 Å². The first-order chi connectivity index (χ1) is 14.8. The number of rotatable bonds is 3. The Morgan fingerprint density at radius 2 is 1.83 bits per heavy atom. The third-order valence-electron chi connectivity index (χ3n) is 5.04. The molecular formula is C21H15N9. The van der Waals surface area contributed by atoms with E-state index in [0.717, 1.165) is 56.0 Å². The molecule has 9 nitrogen and oxygen atoms in total. The lowest BCUT2D eigenvalue weighted by atomic mass is 10.1. The Bertz CT molecular complexity index is 1510. The number of aromatic amines is 2. The van der Waals surface area contributed by atoms with Crippen molar-refractivity contribution in [1.82, 2.24) is 44.7 Å². The molecule has 0 amide bonds. The maximum Gasteiger partial charge on any atom is 0.147 e. The van der Waals surface area contributed by atoms with Crippen molar-refractivity contribution < 1.29 is 0 Å². The van der Waals surface area contributed by atoms with E-state index >= 15 is 0 Å². The smallest absolute Gasteiger partial charge is 0.147 e. The second-order valence-electron chi connectivity index (χ2n) is 7.02. The minimum Gasteiger partial charge on any atom is -0.353 e. The Balaban J connectivity index is 1.52. The number of aryl methyl sites for hydroxylation is 1. The Morgan fingerprint density at radius 3 is 2.67 bits per heavy atom. The van der Waals surface area contributed by atoms with E-state index in [4.69, 9.17) is 0 Å². The second kappa shape index (κ2) is 6.31. The lowest BCUT2D eigenvalue weighted by molar-refractivity contribution is 1.01. The van der Waals surface area contributed by atoms with E-state index in [1.54, 1.807) is 31.1 Å². The first-order valence-electron chi connectivity index (χ1n) is 9.35. The lowest BCUT2D eigenvalue weighted by Crippen LogP contribution is -1.94. The van der Waals surface area contributed by atoms with E-state index in [0.29, 0.717) is 0 Å². The number of nitrogens with one attached hydrogen (secondary N) is 2. The lowest BCUT2D eigenvalue weighted by Gasteiger charge is -2.01. The van der Waals surface area contributed by atoms with Gasteiger partial charge < -0.3 is 4.98 Å². The summed E-state index contributed by atoms with van der Waals surface area (Å²) in [7, 11) is 0. The largest absolute Gasteiger partial charge is 0.353 e. The van der Waals surface area contributed by atoms with Crippen LogP contribution < -0.4 is 0 Å². The van der Waals surface area contributed by atoms with Gasteiger partial charge in [-0.25, -0.2) is 19.9 Å². The van der Waals surface area contributed by atoms with Crippen LogP contribution in [0, 0.1) is 6.92 Å². The van der Waals surface area contributed by atoms with Gasteiger partial charge in [0.05, 0.1) is 34.3 Å². The molecule has 0 atom stereocenters. The average molecular weight is 393 g/mol. The number of hydrogen-bond donors (Lipinski definition) is 2. The van der Waals surface area contributed by atoms with Crippen molar-refractivity contribution in [2.24, 2.45) is 0 Å². The van der Waals surface area contributed by atoms with Crippen molar-refractivity contribution >= 4 is 21.8 Å². The number of fused-ring (bicyclic) bond motifs is 2. The van der Waals surface area contributed by atoms with Gasteiger partial charge in [0.2, 0.25) is 0 Å². The third kappa shape index (κ3) is 2.56. The molecule has 0 bridgehead atoms. The van der Waals surface area contributed by atoms with E-state index in [9.17, 15) is 0 Å². The number of imidazole rings is 1. The van der Waals surface area contributed by atoms with Gasteiger partial charge >= 0.3 is 0 Å². The molecule has 0 aliphatic rings. The van der Waals surface area contributed by atoms with Crippen LogP contribution in [0.5, 0.6) is 0 Å². The normalized spacial score (nSPS) is 11.5. The minimum atomic E-state index is 0.790. The molecule has 0 saturated heterocycles. The minimum absolute atomic E-state index is 0.790. The van der Waals surface area contributed by atoms with Crippen LogP contribution >= 0.6 is 0 Å². The maximum absolute atomic E-state index is 4.55. The Labute approximate surface area is 169 Å². The van der Waals surface area contributed by atoms with Gasteiger partial charge in [-0.1, -0.05) is 0 Å². The predicted molar refractivity (Wildman–Crippen MR) is 112 cm³/mol. The summed E-state index contributed by atoms with van der Waals surface area (Å²) < 4.78 is 1.93. The molecule has 0 aliphatic carbocycles. The van der Waals surface area contributed by atoms with Crippen LogP contribution in [0.3, 0.4) is 0 Å². The molecule has 0 aromatic carbocycles. The molecular weight excluding hydrogens is 378 g/mol. The molecule has 9 heteroatoms. The van der Waals surface area contributed by atoms with Gasteiger partial charge in [0, 0.05) is 41.1 Å². The molecule has 6 aromatic rings. The summed E-state index contributed by atoms with van der Waals surface area (Å²) in [6, 6.07) is 6.01. The molecule has 0 fully saturated rings. The molecule has 6 aromatic heterocycles.